The molecule has 6 heteroatoms. The molecular weight excluding hydrogens is 442 g/mol. The molecule has 4 aromatic rings. The number of nitrogens with zero attached hydrogens (tertiary/aromatic N) is 2. The van der Waals surface area contributed by atoms with Crippen LogP contribution in [0.25, 0.3) is 22.4 Å². The number of carbonyl (C=O) groups is 1. The van der Waals surface area contributed by atoms with E-state index in [1.165, 1.54) is 4.57 Å². The Labute approximate surface area is 201 Å². The molecule has 1 heterocycles. The molecule has 0 spiro atoms. The van der Waals surface area contributed by atoms with Crippen molar-refractivity contribution < 1.29 is 4.79 Å². The SMILES string of the molecule is C=CCn1c(=O)/c(=C\c2cccc3ccccc23)s/c1=C(\C#N)C(=O)NCCc1ccccc1. The summed E-state index contributed by atoms with van der Waals surface area (Å²) in [5, 5.41) is 14.7. The number of hydrogen-bond donors (Lipinski definition) is 1. The summed E-state index contributed by atoms with van der Waals surface area (Å²) in [6.45, 7) is 4.32. The maximum atomic E-state index is 13.2. The fourth-order valence-corrected chi connectivity index (χ4v) is 4.87. The van der Waals surface area contributed by atoms with Gasteiger partial charge in [0, 0.05) is 13.1 Å². The van der Waals surface area contributed by atoms with Crippen molar-refractivity contribution in [2.45, 2.75) is 13.0 Å². The van der Waals surface area contributed by atoms with Gasteiger partial charge in [0.15, 0.2) is 5.57 Å². The first kappa shape index (κ1) is 23.0. The van der Waals surface area contributed by atoms with E-state index in [2.05, 4.69) is 11.9 Å². The van der Waals surface area contributed by atoms with Crippen LogP contribution < -0.4 is 20.1 Å². The van der Waals surface area contributed by atoms with Gasteiger partial charge in [-0.05, 0) is 34.4 Å². The van der Waals surface area contributed by atoms with Crippen molar-refractivity contribution in [3.05, 3.63) is 116 Å². The van der Waals surface area contributed by atoms with Gasteiger partial charge < -0.3 is 5.32 Å². The smallest absolute Gasteiger partial charge is 0.269 e. The highest BCUT2D eigenvalue weighted by Crippen LogP contribution is 2.18. The summed E-state index contributed by atoms with van der Waals surface area (Å²) in [5.74, 6) is -0.491. The summed E-state index contributed by atoms with van der Waals surface area (Å²) in [6.07, 6.45) is 4.05. The molecule has 5 nitrogen and oxygen atoms in total. The molecule has 1 amide bonds. The first-order valence-corrected chi connectivity index (χ1v) is 11.7. The number of allylic oxidation sites excluding steroid dienone is 1. The number of hydrogen-bond acceptors (Lipinski definition) is 4. The van der Waals surface area contributed by atoms with Gasteiger partial charge >= 0.3 is 0 Å². The molecular formula is C28H23N3O2S. The zero-order valence-corrected chi connectivity index (χ0v) is 19.3. The summed E-state index contributed by atoms with van der Waals surface area (Å²) in [7, 11) is 0. The number of aromatic nitrogens is 1. The minimum atomic E-state index is -0.491. The first-order valence-electron chi connectivity index (χ1n) is 10.9. The van der Waals surface area contributed by atoms with Gasteiger partial charge in [-0.2, -0.15) is 5.26 Å². The third-order valence-electron chi connectivity index (χ3n) is 5.42. The first-order chi connectivity index (χ1) is 16.6. The Bertz CT molecular complexity index is 1570. The normalized spacial score (nSPS) is 12.3. The molecule has 0 unspecified atom stereocenters. The van der Waals surface area contributed by atoms with Crippen LogP contribution in [0.1, 0.15) is 11.1 Å². The molecule has 0 aliphatic rings. The summed E-state index contributed by atoms with van der Waals surface area (Å²) < 4.78 is 2.22. The van der Waals surface area contributed by atoms with Gasteiger partial charge in [0.1, 0.15) is 10.7 Å². The molecule has 34 heavy (non-hydrogen) atoms. The maximum absolute atomic E-state index is 13.2. The molecule has 1 N–H and O–H groups in total. The quantitative estimate of drug-likeness (QED) is 0.426. The highest BCUT2D eigenvalue weighted by Gasteiger charge is 2.15. The predicted octanol–water partition coefficient (Wildman–Crippen LogP) is 3.11. The fraction of sp³-hybridized carbons (Fsp3) is 0.107. The number of nitriles is 1. The fourth-order valence-electron chi connectivity index (χ4n) is 3.77. The monoisotopic (exact) mass is 465 g/mol. The van der Waals surface area contributed by atoms with Crippen LogP contribution in [0.4, 0.5) is 0 Å². The van der Waals surface area contributed by atoms with Gasteiger partial charge in [-0.15, -0.1) is 17.9 Å². The van der Waals surface area contributed by atoms with Crippen LogP contribution >= 0.6 is 11.3 Å². The van der Waals surface area contributed by atoms with Crippen LogP contribution in [0.15, 0.2) is 90.2 Å². The number of nitrogens with one attached hydrogen (secondary N) is 1. The van der Waals surface area contributed by atoms with Crippen LogP contribution in [0, 0.1) is 11.3 Å². The van der Waals surface area contributed by atoms with E-state index < -0.39 is 5.91 Å². The minimum absolute atomic E-state index is 0.0745. The number of fused-ring (bicyclic) bond motifs is 1. The van der Waals surface area contributed by atoms with E-state index in [1.807, 2.05) is 84.9 Å². The highest BCUT2D eigenvalue weighted by atomic mass is 32.1. The Balaban J connectivity index is 1.76. The molecule has 0 radical (unpaired) electrons. The molecule has 0 saturated carbocycles. The Morgan fingerprint density at radius 1 is 1.06 bits per heavy atom. The molecule has 0 atom stereocenters. The predicted molar refractivity (Wildman–Crippen MR) is 138 cm³/mol. The lowest BCUT2D eigenvalue weighted by molar-refractivity contribution is -0.115. The van der Waals surface area contributed by atoms with Crippen molar-refractivity contribution in [1.82, 2.24) is 9.88 Å². The Morgan fingerprint density at radius 2 is 1.79 bits per heavy atom. The number of benzene rings is 3. The van der Waals surface area contributed by atoms with E-state index in [0.29, 0.717) is 22.2 Å². The molecule has 168 valence electrons. The third kappa shape index (κ3) is 4.90. The van der Waals surface area contributed by atoms with E-state index in [9.17, 15) is 14.9 Å². The molecule has 0 saturated heterocycles. The average molecular weight is 466 g/mol. The van der Waals surface area contributed by atoms with Crippen molar-refractivity contribution in [2.24, 2.45) is 0 Å². The van der Waals surface area contributed by atoms with Crippen LogP contribution in [0.5, 0.6) is 0 Å². The molecule has 1 aromatic heterocycles. The zero-order valence-electron chi connectivity index (χ0n) is 18.5. The van der Waals surface area contributed by atoms with Gasteiger partial charge in [0.25, 0.3) is 11.5 Å². The lowest BCUT2D eigenvalue weighted by Crippen LogP contribution is -2.35. The Kier molecular flexibility index (Phi) is 7.16. The number of thiazole rings is 1. The van der Waals surface area contributed by atoms with Gasteiger partial charge in [-0.1, -0.05) is 78.9 Å². The van der Waals surface area contributed by atoms with E-state index in [1.54, 1.807) is 6.08 Å². The van der Waals surface area contributed by atoms with Crippen molar-refractivity contribution in [3.8, 4) is 6.07 Å². The van der Waals surface area contributed by atoms with Crippen LogP contribution in [0.2, 0.25) is 0 Å². The lowest BCUT2D eigenvalue weighted by atomic mass is 10.0. The second-order valence-corrected chi connectivity index (χ2v) is 8.70. The standard InChI is InChI=1S/C28H23N3O2S/c1-2-17-31-27(33)25(18-22-13-8-12-21-11-6-7-14-23(21)22)34-28(31)24(19-29)26(32)30-16-15-20-9-4-3-5-10-20/h2-14,18H,1,15-17H2,(H,30,32)/b25-18+,28-24+. The summed E-state index contributed by atoms with van der Waals surface area (Å²) in [4.78, 5) is 26.1. The summed E-state index contributed by atoms with van der Waals surface area (Å²) in [5.41, 5.74) is 1.67. The van der Waals surface area contributed by atoms with Crippen molar-refractivity contribution in [2.75, 3.05) is 6.54 Å². The molecule has 3 aromatic carbocycles. The zero-order chi connectivity index (χ0) is 23.9. The maximum Gasteiger partial charge on any atom is 0.269 e. The lowest BCUT2D eigenvalue weighted by Gasteiger charge is -2.05. The molecule has 4 rings (SSSR count). The van der Waals surface area contributed by atoms with Crippen LogP contribution in [-0.2, 0) is 17.8 Å². The van der Waals surface area contributed by atoms with Crippen molar-refractivity contribution >= 4 is 39.7 Å². The Hall–Kier alpha value is -4.21. The van der Waals surface area contributed by atoms with Gasteiger partial charge in [0.2, 0.25) is 0 Å². The molecule has 0 bridgehead atoms. The second kappa shape index (κ2) is 10.6. The van der Waals surface area contributed by atoms with Gasteiger partial charge in [-0.3, -0.25) is 14.2 Å². The Morgan fingerprint density at radius 3 is 2.56 bits per heavy atom. The minimum Gasteiger partial charge on any atom is -0.351 e. The summed E-state index contributed by atoms with van der Waals surface area (Å²) in [6, 6.07) is 25.7. The largest absolute Gasteiger partial charge is 0.351 e. The average Bonchev–Trinajstić information content (AvgIpc) is 3.15. The van der Waals surface area contributed by atoms with Gasteiger partial charge in [-0.25, -0.2) is 0 Å². The second-order valence-electron chi connectivity index (χ2n) is 7.67. The summed E-state index contributed by atoms with van der Waals surface area (Å²) >= 11 is 1.15. The van der Waals surface area contributed by atoms with E-state index in [-0.39, 0.29) is 17.7 Å². The highest BCUT2D eigenvalue weighted by molar-refractivity contribution is 7.07. The van der Waals surface area contributed by atoms with Crippen molar-refractivity contribution in [3.63, 3.8) is 0 Å². The van der Waals surface area contributed by atoms with Crippen LogP contribution in [-0.4, -0.2) is 17.0 Å². The number of amides is 1. The van der Waals surface area contributed by atoms with Crippen molar-refractivity contribution in [1.29, 1.82) is 5.26 Å². The van der Waals surface area contributed by atoms with Crippen LogP contribution in [0.3, 0.4) is 0 Å². The van der Waals surface area contributed by atoms with E-state index in [0.717, 1.165) is 33.2 Å². The van der Waals surface area contributed by atoms with E-state index in [4.69, 9.17) is 0 Å². The number of rotatable bonds is 7. The topological polar surface area (TPSA) is 74.9 Å². The van der Waals surface area contributed by atoms with E-state index >= 15 is 0 Å². The van der Waals surface area contributed by atoms with Gasteiger partial charge in [0.05, 0.1) is 4.53 Å². The molecule has 0 aliphatic heterocycles. The number of carbonyl (C=O) groups excluding carboxylic acids is 1. The molecule has 0 aliphatic carbocycles. The third-order valence-corrected chi connectivity index (χ3v) is 6.55. The molecule has 0 fully saturated rings.